The van der Waals surface area contributed by atoms with Gasteiger partial charge >= 0.3 is 0 Å². The molecule has 6 nitrogen and oxygen atoms in total. The lowest BCUT2D eigenvalue weighted by atomic mass is 9.76. The molecule has 108 valence electrons. The predicted molar refractivity (Wildman–Crippen MR) is 74.9 cm³/mol. The van der Waals surface area contributed by atoms with Gasteiger partial charge in [0.05, 0.1) is 18.3 Å². The van der Waals surface area contributed by atoms with Gasteiger partial charge in [-0.05, 0) is 13.2 Å². The van der Waals surface area contributed by atoms with E-state index in [0.717, 1.165) is 6.54 Å². The maximum absolute atomic E-state index is 12.3. The second kappa shape index (κ2) is 6.06. The first-order valence-corrected chi connectivity index (χ1v) is 6.34. The molecule has 1 amide bonds. The minimum Gasteiger partial charge on any atom is -0.411 e. The van der Waals surface area contributed by atoms with Crippen molar-refractivity contribution in [3.63, 3.8) is 0 Å². The van der Waals surface area contributed by atoms with Crippen molar-refractivity contribution in [1.82, 2.24) is 15.1 Å². The molecular formula is C13H24N4O2. The van der Waals surface area contributed by atoms with Crippen molar-refractivity contribution >= 4 is 12.1 Å². The van der Waals surface area contributed by atoms with Gasteiger partial charge in [0.15, 0.2) is 0 Å². The largest absolute Gasteiger partial charge is 0.411 e. The zero-order valence-electron chi connectivity index (χ0n) is 12.3. The van der Waals surface area contributed by atoms with Crippen LogP contribution in [0.15, 0.2) is 17.4 Å². The molecule has 0 saturated carbocycles. The molecule has 1 aliphatic rings. The molecule has 0 bridgehead atoms. The standard InChI is InChI=1S/C13H24N4O2/c1-13(2,9-15-19)10(11(18)14-3)12-16(4)7-6-8-17(12)5/h6-7,9-10,12,19H,8H2,1-5H3,(H,14,18). The second-order valence-corrected chi connectivity index (χ2v) is 5.56. The highest BCUT2D eigenvalue weighted by molar-refractivity contribution is 5.84. The number of oxime groups is 1. The van der Waals surface area contributed by atoms with Crippen molar-refractivity contribution in [2.24, 2.45) is 16.5 Å². The Kier molecular flexibility index (Phi) is 4.94. The smallest absolute Gasteiger partial charge is 0.227 e. The van der Waals surface area contributed by atoms with Crippen molar-refractivity contribution in [2.45, 2.75) is 20.0 Å². The summed E-state index contributed by atoms with van der Waals surface area (Å²) in [5, 5.41) is 14.7. The van der Waals surface area contributed by atoms with Crippen molar-refractivity contribution in [2.75, 3.05) is 27.7 Å². The molecule has 2 atom stereocenters. The van der Waals surface area contributed by atoms with Crippen molar-refractivity contribution < 1.29 is 10.0 Å². The van der Waals surface area contributed by atoms with Crippen LogP contribution >= 0.6 is 0 Å². The summed E-state index contributed by atoms with van der Waals surface area (Å²) < 4.78 is 0. The SMILES string of the molecule is CNC(=O)C(C1N(C)C=CCN1C)C(C)(C)C=NO. The van der Waals surface area contributed by atoms with Crippen LogP contribution < -0.4 is 5.32 Å². The fourth-order valence-electron chi connectivity index (χ4n) is 2.62. The molecule has 0 aromatic heterocycles. The molecule has 0 saturated heterocycles. The third-order valence-corrected chi connectivity index (χ3v) is 3.62. The highest BCUT2D eigenvalue weighted by Crippen LogP contribution is 2.32. The zero-order chi connectivity index (χ0) is 14.6. The summed E-state index contributed by atoms with van der Waals surface area (Å²) in [6.45, 7) is 4.58. The highest BCUT2D eigenvalue weighted by atomic mass is 16.4. The van der Waals surface area contributed by atoms with Crippen LogP contribution in [0.3, 0.4) is 0 Å². The van der Waals surface area contributed by atoms with Crippen molar-refractivity contribution in [3.05, 3.63) is 12.3 Å². The van der Waals surface area contributed by atoms with E-state index in [0.29, 0.717) is 0 Å². The summed E-state index contributed by atoms with van der Waals surface area (Å²) in [4.78, 5) is 16.4. The predicted octanol–water partition coefficient (Wildman–Crippen LogP) is 0.552. The molecule has 2 N–H and O–H groups in total. The van der Waals surface area contributed by atoms with E-state index < -0.39 is 5.41 Å². The third kappa shape index (κ3) is 3.26. The minimum atomic E-state index is -0.562. The lowest BCUT2D eigenvalue weighted by Crippen LogP contribution is -2.58. The summed E-state index contributed by atoms with van der Waals surface area (Å²) >= 11 is 0. The number of likely N-dealkylation sites (N-methyl/N-ethyl adjacent to an activating group) is 1. The number of nitrogens with one attached hydrogen (secondary N) is 1. The number of hydrogen-bond donors (Lipinski definition) is 2. The molecule has 0 aromatic rings. The fraction of sp³-hybridized carbons (Fsp3) is 0.692. The van der Waals surface area contributed by atoms with Gasteiger partial charge in [0, 0.05) is 26.1 Å². The molecular weight excluding hydrogens is 244 g/mol. The van der Waals surface area contributed by atoms with Crippen molar-refractivity contribution in [1.29, 1.82) is 0 Å². The van der Waals surface area contributed by atoms with Crippen LogP contribution in [0.1, 0.15) is 13.8 Å². The Bertz CT molecular complexity index is 379. The van der Waals surface area contributed by atoms with E-state index in [1.807, 2.05) is 45.1 Å². The van der Waals surface area contributed by atoms with Crippen LogP contribution in [0.25, 0.3) is 0 Å². The van der Waals surface area contributed by atoms with Gasteiger partial charge in [-0.3, -0.25) is 9.69 Å². The number of rotatable bonds is 4. The van der Waals surface area contributed by atoms with E-state index in [-0.39, 0.29) is 18.0 Å². The molecule has 0 aromatic carbocycles. The van der Waals surface area contributed by atoms with Crippen LogP contribution in [0.4, 0.5) is 0 Å². The van der Waals surface area contributed by atoms with Crippen LogP contribution in [-0.2, 0) is 4.79 Å². The number of nitrogens with zero attached hydrogens (tertiary/aromatic N) is 3. The van der Waals surface area contributed by atoms with E-state index in [9.17, 15) is 4.79 Å². The molecule has 0 aliphatic carbocycles. The molecule has 0 fully saturated rings. The number of carbonyl (C=O) groups excluding carboxylic acids is 1. The van der Waals surface area contributed by atoms with Gasteiger partial charge in [0.1, 0.15) is 0 Å². The van der Waals surface area contributed by atoms with E-state index in [1.165, 1.54) is 6.21 Å². The van der Waals surface area contributed by atoms with E-state index in [4.69, 9.17) is 5.21 Å². The van der Waals surface area contributed by atoms with Crippen LogP contribution in [0, 0.1) is 11.3 Å². The van der Waals surface area contributed by atoms with E-state index in [2.05, 4.69) is 15.4 Å². The first-order valence-electron chi connectivity index (χ1n) is 6.34. The lowest BCUT2D eigenvalue weighted by Gasteiger charge is -2.45. The summed E-state index contributed by atoms with van der Waals surface area (Å²) in [5.41, 5.74) is -0.562. The van der Waals surface area contributed by atoms with Gasteiger partial charge in [-0.15, -0.1) is 5.16 Å². The fourth-order valence-corrected chi connectivity index (χ4v) is 2.62. The van der Waals surface area contributed by atoms with E-state index in [1.54, 1.807) is 7.05 Å². The first-order chi connectivity index (χ1) is 8.85. The Morgan fingerprint density at radius 2 is 2.21 bits per heavy atom. The van der Waals surface area contributed by atoms with Gasteiger partial charge in [-0.2, -0.15) is 0 Å². The third-order valence-electron chi connectivity index (χ3n) is 3.62. The molecule has 1 aliphatic heterocycles. The number of amides is 1. The minimum absolute atomic E-state index is 0.0658. The van der Waals surface area contributed by atoms with E-state index >= 15 is 0 Å². The van der Waals surface area contributed by atoms with Gasteiger partial charge in [0.2, 0.25) is 5.91 Å². The zero-order valence-corrected chi connectivity index (χ0v) is 12.3. The van der Waals surface area contributed by atoms with Gasteiger partial charge in [-0.25, -0.2) is 0 Å². The Morgan fingerprint density at radius 3 is 2.68 bits per heavy atom. The molecule has 1 heterocycles. The normalized spacial score (nSPS) is 22.8. The quantitative estimate of drug-likeness (QED) is 0.444. The Hall–Kier alpha value is -1.56. The Labute approximate surface area is 114 Å². The van der Waals surface area contributed by atoms with Crippen LogP contribution in [-0.4, -0.2) is 61.0 Å². The van der Waals surface area contributed by atoms with Gasteiger partial charge in [0.25, 0.3) is 0 Å². The molecule has 1 rings (SSSR count). The molecule has 6 heteroatoms. The maximum atomic E-state index is 12.3. The topological polar surface area (TPSA) is 68.2 Å². The molecule has 0 radical (unpaired) electrons. The molecule has 19 heavy (non-hydrogen) atoms. The monoisotopic (exact) mass is 268 g/mol. The Balaban J connectivity index is 3.17. The molecule has 2 unspecified atom stereocenters. The van der Waals surface area contributed by atoms with Gasteiger partial charge < -0.3 is 15.4 Å². The van der Waals surface area contributed by atoms with Gasteiger partial charge in [-0.1, -0.05) is 19.9 Å². The second-order valence-electron chi connectivity index (χ2n) is 5.56. The van der Waals surface area contributed by atoms with Crippen LogP contribution in [0.5, 0.6) is 0 Å². The number of carbonyl (C=O) groups is 1. The summed E-state index contributed by atoms with van der Waals surface area (Å²) in [5.74, 6) is -0.419. The maximum Gasteiger partial charge on any atom is 0.227 e. The first kappa shape index (κ1) is 15.5. The number of hydrogen-bond acceptors (Lipinski definition) is 5. The average molecular weight is 268 g/mol. The molecule has 0 spiro atoms. The Morgan fingerprint density at radius 1 is 1.58 bits per heavy atom. The summed E-state index contributed by atoms with van der Waals surface area (Å²) in [6, 6.07) is 0. The average Bonchev–Trinajstić information content (AvgIpc) is 2.32. The summed E-state index contributed by atoms with van der Waals surface area (Å²) in [6.07, 6.45) is 5.36. The lowest BCUT2D eigenvalue weighted by molar-refractivity contribution is -0.132. The van der Waals surface area contributed by atoms with Crippen LogP contribution in [0.2, 0.25) is 0 Å². The van der Waals surface area contributed by atoms with Crippen molar-refractivity contribution in [3.8, 4) is 0 Å². The highest BCUT2D eigenvalue weighted by Gasteiger charge is 2.43. The summed E-state index contributed by atoms with van der Waals surface area (Å²) in [7, 11) is 5.55.